The Labute approximate surface area is 97.1 Å². The molecule has 2 rings (SSSR count). The maximum absolute atomic E-state index is 11.6. The maximum atomic E-state index is 11.6. The fourth-order valence-electron chi connectivity index (χ4n) is 2.23. The van der Waals surface area contributed by atoms with E-state index in [9.17, 15) is 4.79 Å². The first-order chi connectivity index (χ1) is 7.84. The second kappa shape index (κ2) is 6.21. The van der Waals surface area contributed by atoms with Gasteiger partial charge in [-0.05, 0) is 12.3 Å². The summed E-state index contributed by atoms with van der Waals surface area (Å²) in [6.45, 7) is 3.26. The lowest BCUT2D eigenvalue weighted by Gasteiger charge is -2.26. The highest BCUT2D eigenvalue weighted by Gasteiger charge is 2.19. The lowest BCUT2D eigenvalue weighted by molar-refractivity contribution is -0.124. The summed E-state index contributed by atoms with van der Waals surface area (Å²) in [5.41, 5.74) is 0. The number of hydrogen-bond acceptors (Lipinski definition) is 3. The average Bonchev–Trinajstić information content (AvgIpc) is 2.23. The minimum Gasteiger partial charge on any atom is -0.375 e. The molecular weight excluding hydrogens is 204 g/mol. The van der Waals surface area contributed by atoms with Gasteiger partial charge in [0.15, 0.2) is 0 Å². The van der Waals surface area contributed by atoms with Crippen molar-refractivity contribution in [1.82, 2.24) is 10.6 Å². The molecule has 1 saturated carbocycles. The normalized spacial score (nSPS) is 26.1. The number of carbonyl (C=O) groups is 1. The minimum absolute atomic E-state index is 0.0671. The van der Waals surface area contributed by atoms with Gasteiger partial charge in [0.2, 0.25) is 5.91 Å². The molecule has 2 N–H and O–H groups in total. The molecule has 1 aliphatic heterocycles. The predicted molar refractivity (Wildman–Crippen MR) is 62.2 cm³/mol. The minimum atomic E-state index is 0.0671. The van der Waals surface area contributed by atoms with Crippen LogP contribution in [0.2, 0.25) is 0 Å². The second-order valence-electron chi connectivity index (χ2n) is 4.84. The monoisotopic (exact) mass is 226 g/mol. The number of carbonyl (C=O) groups excluding carboxylic acids is 1. The number of morpholine rings is 1. The van der Waals surface area contributed by atoms with Gasteiger partial charge >= 0.3 is 0 Å². The van der Waals surface area contributed by atoms with Crippen molar-refractivity contribution in [2.24, 2.45) is 5.92 Å². The molecule has 0 aromatic carbocycles. The summed E-state index contributed by atoms with van der Waals surface area (Å²) in [5.74, 6) is 1.00. The zero-order valence-electron chi connectivity index (χ0n) is 9.84. The average molecular weight is 226 g/mol. The molecule has 2 aliphatic rings. The number of hydrogen-bond donors (Lipinski definition) is 2. The third-order valence-electron chi connectivity index (χ3n) is 3.52. The molecular formula is C12H22N2O2. The van der Waals surface area contributed by atoms with Gasteiger partial charge in [0.05, 0.1) is 19.1 Å². The largest absolute Gasteiger partial charge is 0.375 e. The molecule has 1 aliphatic carbocycles. The summed E-state index contributed by atoms with van der Waals surface area (Å²) >= 11 is 0. The van der Waals surface area contributed by atoms with E-state index in [0.717, 1.165) is 38.6 Å². The Hall–Kier alpha value is -0.610. The third kappa shape index (κ3) is 3.76. The standard InChI is InChI=1S/C12H22N2O2/c15-12(8-11-9-13-6-7-16-11)14-5-4-10-2-1-3-10/h10-11,13H,1-9H2,(H,14,15). The summed E-state index contributed by atoms with van der Waals surface area (Å²) in [6, 6.07) is 0. The molecule has 1 heterocycles. The lowest BCUT2D eigenvalue weighted by atomic mass is 9.83. The van der Waals surface area contributed by atoms with E-state index in [1.54, 1.807) is 0 Å². The molecule has 1 saturated heterocycles. The summed E-state index contributed by atoms with van der Waals surface area (Å²) in [7, 11) is 0. The van der Waals surface area contributed by atoms with Gasteiger partial charge in [-0.15, -0.1) is 0 Å². The van der Waals surface area contributed by atoms with Gasteiger partial charge < -0.3 is 15.4 Å². The Kier molecular flexibility index (Phi) is 4.60. The van der Waals surface area contributed by atoms with Crippen molar-refractivity contribution in [2.45, 2.75) is 38.2 Å². The zero-order valence-corrected chi connectivity index (χ0v) is 9.84. The van der Waals surface area contributed by atoms with E-state index in [1.807, 2.05) is 0 Å². The fraction of sp³-hybridized carbons (Fsp3) is 0.917. The second-order valence-corrected chi connectivity index (χ2v) is 4.84. The third-order valence-corrected chi connectivity index (χ3v) is 3.52. The van der Waals surface area contributed by atoms with Gasteiger partial charge in [-0.25, -0.2) is 0 Å². The summed E-state index contributed by atoms with van der Waals surface area (Å²) in [4.78, 5) is 11.6. The van der Waals surface area contributed by atoms with Crippen molar-refractivity contribution in [2.75, 3.05) is 26.2 Å². The van der Waals surface area contributed by atoms with Crippen LogP contribution in [0.1, 0.15) is 32.1 Å². The van der Waals surface area contributed by atoms with Crippen LogP contribution < -0.4 is 10.6 Å². The molecule has 0 radical (unpaired) electrons. The number of amides is 1. The van der Waals surface area contributed by atoms with Crippen LogP contribution in [0.15, 0.2) is 0 Å². The Balaban J connectivity index is 1.52. The zero-order chi connectivity index (χ0) is 11.2. The van der Waals surface area contributed by atoms with Gasteiger partial charge in [-0.2, -0.15) is 0 Å². The maximum Gasteiger partial charge on any atom is 0.222 e. The topological polar surface area (TPSA) is 50.4 Å². The Morgan fingerprint density at radius 2 is 2.31 bits per heavy atom. The summed E-state index contributed by atoms with van der Waals surface area (Å²) in [6.07, 6.45) is 5.79. The van der Waals surface area contributed by atoms with Crippen LogP contribution in [-0.2, 0) is 9.53 Å². The van der Waals surface area contributed by atoms with Gasteiger partial charge in [-0.3, -0.25) is 4.79 Å². The molecule has 2 fully saturated rings. The van der Waals surface area contributed by atoms with Crippen LogP contribution in [0.5, 0.6) is 0 Å². The van der Waals surface area contributed by atoms with Crippen molar-refractivity contribution in [3.63, 3.8) is 0 Å². The highest BCUT2D eigenvalue weighted by molar-refractivity contribution is 5.76. The molecule has 0 aromatic heterocycles. The van der Waals surface area contributed by atoms with Crippen LogP contribution in [0.25, 0.3) is 0 Å². The molecule has 1 unspecified atom stereocenters. The Morgan fingerprint density at radius 1 is 1.44 bits per heavy atom. The molecule has 0 spiro atoms. The van der Waals surface area contributed by atoms with Crippen LogP contribution >= 0.6 is 0 Å². The van der Waals surface area contributed by atoms with E-state index in [4.69, 9.17) is 4.74 Å². The van der Waals surface area contributed by atoms with Crippen molar-refractivity contribution in [3.05, 3.63) is 0 Å². The van der Waals surface area contributed by atoms with Crippen molar-refractivity contribution >= 4 is 5.91 Å². The molecule has 0 aromatic rings. The molecule has 4 heteroatoms. The van der Waals surface area contributed by atoms with Crippen LogP contribution in [0, 0.1) is 5.92 Å². The van der Waals surface area contributed by atoms with Crippen molar-refractivity contribution in [3.8, 4) is 0 Å². The molecule has 0 bridgehead atoms. The highest BCUT2D eigenvalue weighted by Crippen LogP contribution is 2.28. The SMILES string of the molecule is O=C(CC1CNCCO1)NCCC1CCC1. The molecule has 92 valence electrons. The van der Waals surface area contributed by atoms with E-state index in [-0.39, 0.29) is 12.0 Å². The van der Waals surface area contributed by atoms with Gasteiger partial charge in [0, 0.05) is 19.6 Å². The number of rotatable bonds is 5. The lowest BCUT2D eigenvalue weighted by Crippen LogP contribution is -2.41. The van der Waals surface area contributed by atoms with E-state index in [0.29, 0.717) is 6.42 Å². The van der Waals surface area contributed by atoms with Crippen LogP contribution in [0.4, 0.5) is 0 Å². The van der Waals surface area contributed by atoms with Gasteiger partial charge in [-0.1, -0.05) is 19.3 Å². The smallest absolute Gasteiger partial charge is 0.222 e. The Morgan fingerprint density at radius 3 is 2.94 bits per heavy atom. The van der Waals surface area contributed by atoms with E-state index < -0.39 is 0 Å². The molecule has 16 heavy (non-hydrogen) atoms. The van der Waals surface area contributed by atoms with Gasteiger partial charge in [0.1, 0.15) is 0 Å². The van der Waals surface area contributed by atoms with Crippen LogP contribution in [0.3, 0.4) is 0 Å². The summed E-state index contributed by atoms with van der Waals surface area (Å²) < 4.78 is 5.49. The number of nitrogens with one attached hydrogen (secondary N) is 2. The van der Waals surface area contributed by atoms with E-state index >= 15 is 0 Å². The van der Waals surface area contributed by atoms with Crippen molar-refractivity contribution < 1.29 is 9.53 Å². The molecule has 4 nitrogen and oxygen atoms in total. The first kappa shape index (κ1) is 11.9. The van der Waals surface area contributed by atoms with E-state index in [2.05, 4.69) is 10.6 Å². The van der Waals surface area contributed by atoms with E-state index in [1.165, 1.54) is 19.3 Å². The predicted octanol–water partition coefficient (Wildman–Crippen LogP) is 0.671. The number of ether oxygens (including phenoxy) is 1. The molecule has 1 amide bonds. The molecule has 1 atom stereocenters. The van der Waals surface area contributed by atoms with Crippen molar-refractivity contribution in [1.29, 1.82) is 0 Å². The fourth-order valence-corrected chi connectivity index (χ4v) is 2.23. The first-order valence-corrected chi connectivity index (χ1v) is 6.43. The first-order valence-electron chi connectivity index (χ1n) is 6.43. The summed E-state index contributed by atoms with van der Waals surface area (Å²) in [5, 5.41) is 6.21. The quantitative estimate of drug-likeness (QED) is 0.724. The van der Waals surface area contributed by atoms with Crippen LogP contribution in [-0.4, -0.2) is 38.3 Å². The van der Waals surface area contributed by atoms with Gasteiger partial charge in [0.25, 0.3) is 0 Å². The highest BCUT2D eigenvalue weighted by atomic mass is 16.5. The Bertz CT molecular complexity index is 223.